The van der Waals surface area contributed by atoms with Crippen molar-refractivity contribution < 1.29 is 9.13 Å². The van der Waals surface area contributed by atoms with Gasteiger partial charge in [-0.25, -0.2) is 0 Å². The highest BCUT2D eigenvalue weighted by Crippen LogP contribution is 2.27. The van der Waals surface area contributed by atoms with E-state index < -0.39 is 18.8 Å². The van der Waals surface area contributed by atoms with Gasteiger partial charge in [0.1, 0.15) is 6.67 Å². The first-order chi connectivity index (χ1) is 10.3. The molecule has 6 heteroatoms. The molecule has 1 aliphatic rings. The zero-order valence-electron chi connectivity index (χ0n) is 12.3. The fourth-order valence-corrected chi connectivity index (χ4v) is 2.78. The first-order valence-corrected chi connectivity index (χ1v) is 7.28. The topological polar surface area (TPSA) is 61.2 Å². The molecule has 114 valence electrons. The maximum Gasteiger partial charge on any atom is 0.101 e. The number of halogens is 1. The molecule has 2 atom stereocenters. The lowest BCUT2D eigenvalue weighted by Crippen LogP contribution is -2.29. The van der Waals surface area contributed by atoms with Gasteiger partial charge < -0.3 is 9.64 Å². The van der Waals surface area contributed by atoms with Gasteiger partial charge in [-0.2, -0.15) is 0 Å². The lowest BCUT2D eigenvalue weighted by molar-refractivity contribution is 0.0722. The fourth-order valence-electron chi connectivity index (χ4n) is 2.78. The summed E-state index contributed by atoms with van der Waals surface area (Å²) >= 11 is 0. The van der Waals surface area contributed by atoms with Crippen molar-refractivity contribution in [1.29, 1.82) is 0 Å². The fraction of sp³-hybridized carbons (Fsp3) is 0.600. The summed E-state index contributed by atoms with van der Waals surface area (Å²) in [5.74, 6) is 0. The van der Waals surface area contributed by atoms with Crippen molar-refractivity contribution in [2.45, 2.75) is 31.4 Å². The lowest BCUT2D eigenvalue weighted by atomic mass is 10.0. The molecule has 0 aliphatic carbocycles. The van der Waals surface area contributed by atoms with Crippen LogP contribution in [0.15, 0.2) is 29.4 Å². The minimum atomic E-state index is -0.833. The Balaban J connectivity index is 2.13. The van der Waals surface area contributed by atoms with Crippen molar-refractivity contribution >= 4 is 5.69 Å². The number of nitrogens with zero attached hydrogens (tertiary/aromatic N) is 4. The molecule has 0 radical (unpaired) electrons. The Kier molecular flexibility index (Phi) is 5.84. The number of ether oxygens (including phenoxy) is 1. The zero-order valence-corrected chi connectivity index (χ0v) is 12.3. The maximum absolute atomic E-state index is 13.0. The molecule has 1 aromatic rings. The predicted octanol–water partition coefficient (Wildman–Crippen LogP) is 4.01. The Morgan fingerprint density at radius 2 is 1.95 bits per heavy atom. The predicted molar refractivity (Wildman–Crippen MR) is 81.2 cm³/mol. The van der Waals surface area contributed by atoms with Crippen LogP contribution in [0.3, 0.4) is 0 Å². The second-order valence-electron chi connectivity index (χ2n) is 5.22. The van der Waals surface area contributed by atoms with Crippen molar-refractivity contribution in [2.24, 2.45) is 5.11 Å². The van der Waals surface area contributed by atoms with Crippen LogP contribution in [-0.2, 0) is 4.74 Å². The number of alkyl halides is 1. The lowest BCUT2D eigenvalue weighted by Gasteiger charge is -2.29. The summed E-state index contributed by atoms with van der Waals surface area (Å²) < 4.78 is 18.3. The molecule has 21 heavy (non-hydrogen) atoms. The van der Waals surface area contributed by atoms with Crippen LogP contribution in [0.25, 0.3) is 10.4 Å². The third kappa shape index (κ3) is 3.86. The van der Waals surface area contributed by atoms with E-state index in [4.69, 9.17) is 10.3 Å². The van der Waals surface area contributed by atoms with Crippen LogP contribution in [0, 0.1) is 0 Å². The van der Waals surface area contributed by atoms with Crippen molar-refractivity contribution in [1.82, 2.24) is 0 Å². The largest absolute Gasteiger partial charge is 0.376 e. The molecule has 0 bridgehead atoms. The first-order valence-electron chi connectivity index (χ1n) is 7.28. The van der Waals surface area contributed by atoms with E-state index in [1.165, 1.54) is 32.1 Å². The summed E-state index contributed by atoms with van der Waals surface area (Å²) in [5.41, 5.74) is 10.5. The first kappa shape index (κ1) is 15.6. The average Bonchev–Trinajstić information content (AvgIpc) is 2.56. The standard InChI is InChI=1S/C15H21FN4O/c1-21-15(14(11-16)18-19-17)12-5-7-13(8-6-12)20-9-3-2-4-10-20/h5-8,14-15H,2-4,9-11H2,1H3/t14?,15-/m1/s1. The molecule has 1 aliphatic heterocycles. The highest BCUT2D eigenvalue weighted by molar-refractivity contribution is 5.48. The van der Waals surface area contributed by atoms with Crippen molar-refractivity contribution in [2.75, 3.05) is 31.8 Å². The van der Waals surface area contributed by atoms with Crippen LogP contribution >= 0.6 is 0 Å². The minimum absolute atomic E-state index is 0.554. The Morgan fingerprint density at radius 1 is 1.29 bits per heavy atom. The molecule has 2 rings (SSSR count). The normalized spacial score (nSPS) is 17.9. The SMILES string of the molecule is CO[C@H](c1ccc(N2CCCCC2)cc1)C(CF)N=[N+]=[N-]. The Hall–Kier alpha value is -1.78. The highest BCUT2D eigenvalue weighted by Gasteiger charge is 2.22. The highest BCUT2D eigenvalue weighted by atomic mass is 19.1. The number of azide groups is 1. The smallest absolute Gasteiger partial charge is 0.101 e. The molecular weight excluding hydrogens is 271 g/mol. The van der Waals surface area contributed by atoms with Gasteiger partial charge in [0.15, 0.2) is 0 Å². The number of anilines is 1. The summed E-state index contributed by atoms with van der Waals surface area (Å²) in [6.07, 6.45) is 3.19. The second-order valence-corrected chi connectivity index (χ2v) is 5.22. The van der Waals surface area contributed by atoms with Crippen LogP contribution in [0.1, 0.15) is 30.9 Å². The molecule has 0 aromatic heterocycles. The van der Waals surface area contributed by atoms with E-state index in [0.29, 0.717) is 0 Å². The van der Waals surface area contributed by atoms with Gasteiger partial charge in [0.2, 0.25) is 0 Å². The Morgan fingerprint density at radius 3 is 2.48 bits per heavy atom. The molecule has 0 spiro atoms. The Bertz CT molecular complexity index is 481. The van der Waals surface area contributed by atoms with E-state index in [0.717, 1.165) is 18.7 Å². The van der Waals surface area contributed by atoms with Gasteiger partial charge in [0.05, 0.1) is 12.1 Å². The van der Waals surface area contributed by atoms with Crippen molar-refractivity contribution in [3.8, 4) is 0 Å². The molecule has 5 nitrogen and oxygen atoms in total. The minimum Gasteiger partial charge on any atom is -0.376 e. The summed E-state index contributed by atoms with van der Waals surface area (Å²) in [4.78, 5) is 5.05. The summed E-state index contributed by atoms with van der Waals surface area (Å²) in [5, 5.41) is 3.47. The number of benzene rings is 1. The third-order valence-corrected chi connectivity index (χ3v) is 3.90. The van der Waals surface area contributed by atoms with Gasteiger partial charge in [-0.1, -0.05) is 17.2 Å². The third-order valence-electron chi connectivity index (χ3n) is 3.90. The monoisotopic (exact) mass is 292 g/mol. The zero-order chi connectivity index (χ0) is 15.1. The number of piperidine rings is 1. The molecule has 0 N–H and O–H groups in total. The van der Waals surface area contributed by atoms with Gasteiger partial charge in [0.25, 0.3) is 0 Å². The van der Waals surface area contributed by atoms with Crippen molar-refractivity contribution in [3.05, 3.63) is 40.3 Å². The summed E-state index contributed by atoms with van der Waals surface area (Å²) in [7, 11) is 1.50. The van der Waals surface area contributed by atoms with E-state index in [-0.39, 0.29) is 0 Å². The Labute approximate surface area is 124 Å². The van der Waals surface area contributed by atoms with Crippen LogP contribution in [0.5, 0.6) is 0 Å². The van der Waals surface area contributed by atoms with Crippen molar-refractivity contribution in [3.63, 3.8) is 0 Å². The molecule has 1 unspecified atom stereocenters. The van der Waals surface area contributed by atoms with Gasteiger partial charge in [-0.15, -0.1) is 0 Å². The van der Waals surface area contributed by atoms with Gasteiger partial charge in [-0.3, -0.25) is 4.39 Å². The van der Waals surface area contributed by atoms with E-state index in [1.54, 1.807) is 0 Å². The van der Waals surface area contributed by atoms with E-state index >= 15 is 0 Å². The van der Waals surface area contributed by atoms with Crippen LogP contribution in [0.2, 0.25) is 0 Å². The quantitative estimate of drug-likeness (QED) is 0.452. The molecule has 0 saturated carbocycles. The molecule has 0 amide bonds. The molecule has 1 aromatic carbocycles. The number of methoxy groups -OCH3 is 1. The van der Waals surface area contributed by atoms with Crippen LogP contribution in [0.4, 0.5) is 10.1 Å². The molecule has 1 fully saturated rings. The number of rotatable bonds is 6. The van der Waals surface area contributed by atoms with E-state index in [1.807, 2.05) is 24.3 Å². The van der Waals surface area contributed by atoms with E-state index in [2.05, 4.69) is 14.9 Å². The van der Waals surface area contributed by atoms with Gasteiger partial charge in [0, 0.05) is 30.8 Å². The molecule has 1 heterocycles. The van der Waals surface area contributed by atoms with Gasteiger partial charge >= 0.3 is 0 Å². The summed E-state index contributed by atoms with van der Waals surface area (Å²) in [6.45, 7) is 1.42. The maximum atomic E-state index is 13.0. The number of hydrogen-bond acceptors (Lipinski definition) is 3. The van der Waals surface area contributed by atoms with Crippen LogP contribution in [-0.4, -0.2) is 32.9 Å². The molecule has 1 saturated heterocycles. The second kappa shape index (κ2) is 7.86. The number of hydrogen-bond donors (Lipinski definition) is 0. The van der Waals surface area contributed by atoms with Gasteiger partial charge in [-0.05, 0) is 42.5 Å². The average molecular weight is 292 g/mol. The van der Waals surface area contributed by atoms with Crippen LogP contribution < -0.4 is 4.90 Å². The van der Waals surface area contributed by atoms with E-state index in [9.17, 15) is 4.39 Å². The summed E-state index contributed by atoms with van der Waals surface area (Å²) in [6, 6.07) is 7.07. The molecular formula is C15H21FN4O.